The number of anilines is 1. The van der Waals surface area contributed by atoms with Crippen molar-refractivity contribution >= 4 is 60.8 Å². The molecule has 2 rings (SSSR count). The fraction of sp³-hybridized carbons (Fsp3) is 0.133. The van der Waals surface area contributed by atoms with E-state index < -0.39 is 22.0 Å². The Morgan fingerprint density at radius 3 is 2.29 bits per heavy atom. The number of carbonyl (C=O) groups is 1. The highest BCUT2D eigenvalue weighted by molar-refractivity contribution is 9.10. The molecule has 1 unspecified atom stereocenters. The van der Waals surface area contributed by atoms with Gasteiger partial charge < -0.3 is 5.11 Å². The summed E-state index contributed by atoms with van der Waals surface area (Å²) >= 11 is 15.2. The van der Waals surface area contributed by atoms with E-state index in [0.717, 1.165) is 4.31 Å². The Kier molecular flexibility index (Phi) is 5.80. The molecule has 2 aromatic carbocycles. The van der Waals surface area contributed by atoms with Crippen LogP contribution in [0.25, 0.3) is 0 Å². The molecular weight excluding hydrogens is 441 g/mol. The lowest BCUT2D eigenvalue weighted by Gasteiger charge is -2.29. The molecule has 0 saturated heterocycles. The zero-order valence-electron chi connectivity index (χ0n) is 12.3. The molecule has 0 aliphatic heterocycles. The third-order valence-corrected chi connectivity index (χ3v) is 6.21. The summed E-state index contributed by atoms with van der Waals surface area (Å²) in [6.07, 6.45) is 0. The average molecular weight is 453 g/mol. The molecule has 2 aromatic rings. The lowest BCUT2D eigenvalue weighted by Crippen LogP contribution is -2.43. The third kappa shape index (κ3) is 3.85. The van der Waals surface area contributed by atoms with Gasteiger partial charge in [-0.15, -0.1) is 0 Å². The van der Waals surface area contributed by atoms with Crippen LogP contribution in [0.5, 0.6) is 0 Å². The van der Waals surface area contributed by atoms with Gasteiger partial charge in [0.15, 0.2) is 0 Å². The van der Waals surface area contributed by atoms with Gasteiger partial charge in [-0.3, -0.25) is 4.31 Å². The van der Waals surface area contributed by atoms with Crippen molar-refractivity contribution in [2.75, 3.05) is 4.31 Å². The zero-order chi connectivity index (χ0) is 18.1. The standard InChI is InChI=1S/C15H12BrCl2NO4S/c1-9(15(20)21)19(14-8-11(17)4-7-13(14)18)24(22,23)12-5-2-10(16)3-6-12/h2-9H,1H3,(H,20,21). The van der Waals surface area contributed by atoms with Crippen molar-refractivity contribution in [3.63, 3.8) is 0 Å². The second-order valence-corrected chi connectivity index (χ2v) is 8.44. The van der Waals surface area contributed by atoms with Crippen molar-refractivity contribution in [3.05, 3.63) is 57.0 Å². The Hall–Kier alpha value is -1.28. The van der Waals surface area contributed by atoms with Crippen LogP contribution in [0.15, 0.2) is 51.8 Å². The normalized spacial score (nSPS) is 12.7. The molecule has 0 aliphatic rings. The summed E-state index contributed by atoms with van der Waals surface area (Å²) in [6.45, 7) is 1.26. The lowest BCUT2D eigenvalue weighted by atomic mass is 10.2. The number of hydrogen-bond donors (Lipinski definition) is 1. The largest absolute Gasteiger partial charge is 0.480 e. The Balaban J connectivity index is 2.68. The molecule has 24 heavy (non-hydrogen) atoms. The highest BCUT2D eigenvalue weighted by Crippen LogP contribution is 2.34. The number of nitrogens with zero attached hydrogens (tertiary/aromatic N) is 1. The Bertz CT molecular complexity index is 872. The fourth-order valence-electron chi connectivity index (χ4n) is 2.02. The molecule has 0 fully saturated rings. The van der Waals surface area contributed by atoms with E-state index in [4.69, 9.17) is 23.2 Å². The number of hydrogen-bond acceptors (Lipinski definition) is 3. The summed E-state index contributed by atoms with van der Waals surface area (Å²) in [5.74, 6) is -1.31. The molecule has 1 atom stereocenters. The minimum absolute atomic E-state index is 0.00184. The van der Waals surface area contributed by atoms with Crippen molar-refractivity contribution in [2.45, 2.75) is 17.9 Å². The first kappa shape index (κ1) is 19.1. The first-order chi connectivity index (χ1) is 11.1. The molecule has 0 amide bonds. The Labute approximate surface area is 158 Å². The van der Waals surface area contributed by atoms with E-state index in [9.17, 15) is 18.3 Å². The Morgan fingerprint density at radius 2 is 1.75 bits per heavy atom. The monoisotopic (exact) mass is 451 g/mol. The Morgan fingerprint density at radius 1 is 1.17 bits per heavy atom. The van der Waals surface area contributed by atoms with E-state index in [-0.39, 0.29) is 20.6 Å². The van der Waals surface area contributed by atoms with Crippen LogP contribution >= 0.6 is 39.1 Å². The maximum Gasteiger partial charge on any atom is 0.327 e. The summed E-state index contributed by atoms with van der Waals surface area (Å²) < 4.78 is 27.4. The number of carboxylic acids is 1. The fourth-order valence-corrected chi connectivity index (χ4v) is 4.33. The highest BCUT2D eigenvalue weighted by Gasteiger charge is 2.34. The van der Waals surface area contributed by atoms with Gasteiger partial charge in [-0.25, -0.2) is 13.2 Å². The molecule has 0 spiro atoms. The van der Waals surface area contributed by atoms with E-state index in [1.54, 1.807) is 12.1 Å². The summed E-state index contributed by atoms with van der Waals surface area (Å²) in [7, 11) is -4.17. The molecular formula is C15H12BrCl2NO4S. The van der Waals surface area contributed by atoms with E-state index >= 15 is 0 Å². The van der Waals surface area contributed by atoms with Crippen LogP contribution in [0, 0.1) is 0 Å². The SMILES string of the molecule is CC(C(=O)O)N(c1cc(Cl)ccc1Cl)S(=O)(=O)c1ccc(Br)cc1. The van der Waals surface area contributed by atoms with E-state index in [0.29, 0.717) is 4.47 Å². The van der Waals surface area contributed by atoms with Gasteiger partial charge >= 0.3 is 5.97 Å². The minimum atomic E-state index is -4.17. The van der Waals surface area contributed by atoms with Gasteiger partial charge in [-0.1, -0.05) is 39.1 Å². The van der Waals surface area contributed by atoms with Gasteiger partial charge in [0.1, 0.15) is 6.04 Å². The second-order valence-electron chi connectivity index (χ2n) is 4.86. The van der Waals surface area contributed by atoms with Gasteiger partial charge in [-0.2, -0.15) is 0 Å². The molecule has 0 aliphatic carbocycles. The highest BCUT2D eigenvalue weighted by atomic mass is 79.9. The predicted octanol–water partition coefficient (Wildman–Crippen LogP) is 4.42. The maximum absolute atomic E-state index is 13.0. The van der Waals surface area contributed by atoms with Crippen LogP contribution in [0.3, 0.4) is 0 Å². The van der Waals surface area contributed by atoms with Crippen molar-refractivity contribution in [3.8, 4) is 0 Å². The van der Waals surface area contributed by atoms with E-state index in [1.807, 2.05) is 0 Å². The smallest absolute Gasteiger partial charge is 0.327 e. The molecule has 0 saturated carbocycles. The number of aliphatic carboxylic acids is 1. The molecule has 0 heterocycles. The van der Waals surface area contributed by atoms with Crippen molar-refractivity contribution < 1.29 is 18.3 Å². The molecule has 0 aromatic heterocycles. The van der Waals surface area contributed by atoms with Crippen LogP contribution < -0.4 is 4.31 Å². The van der Waals surface area contributed by atoms with Crippen LogP contribution in [-0.4, -0.2) is 25.5 Å². The van der Waals surface area contributed by atoms with Crippen LogP contribution in [-0.2, 0) is 14.8 Å². The molecule has 0 bridgehead atoms. The summed E-state index contributed by atoms with van der Waals surface area (Å²) in [5.41, 5.74) is 0.00184. The second kappa shape index (κ2) is 7.31. The van der Waals surface area contributed by atoms with Gasteiger partial charge in [0.05, 0.1) is 15.6 Å². The molecule has 5 nitrogen and oxygen atoms in total. The molecule has 9 heteroatoms. The molecule has 1 N–H and O–H groups in total. The first-order valence-corrected chi connectivity index (χ1v) is 9.61. The number of halogens is 3. The predicted molar refractivity (Wildman–Crippen MR) is 97.4 cm³/mol. The summed E-state index contributed by atoms with van der Waals surface area (Å²) in [4.78, 5) is 11.4. The average Bonchev–Trinajstić information content (AvgIpc) is 2.51. The van der Waals surface area contributed by atoms with Crippen LogP contribution in [0.1, 0.15) is 6.92 Å². The van der Waals surface area contributed by atoms with Crippen LogP contribution in [0.4, 0.5) is 5.69 Å². The van der Waals surface area contributed by atoms with Gasteiger partial charge in [-0.05, 0) is 49.4 Å². The number of sulfonamides is 1. The van der Waals surface area contributed by atoms with Gasteiger partial charge in [0, 0.05) is 9.50 Å². The van der Waals surface area contributed by atoms with E-state index in [1.165, 1.54) is 37.3 Å². The maximum atomic E-state index is 13.0. The van der Waals surface area contributed by atoms with Crippen LogP contribution in [0.2, 0.25) is 10.0 Å². The first-order valence-electron chi connectivity index (χ1n) is 6.62. The minimum Gasteiger partial charge on any atom is -0.480 e. The summed E-state index contributed by atoms with van der Waals surface area (Å²) in [5, 5.41) is 9.65. The molecule has 128 valence electrons. The lowest BCUT2D eigenvalue weighted by molar-refractivity contribution is -0.137. The number of rotatable bonds is 5. The van der Waals surface area contributed by atoms with E-state index in [2.05, 4.69) is 15.9 Å². The topological polar surface area (TPSA) is 74.7 Å². The number of carboxylic acid groups (broad SMARTS) is 1. The quantitative estimate of drug-likeness (QED) is 0.728. The van der Waals surface area contributed by atoms with Crippen molar-refractivity contribution in [1.29, 1.82) is 0 Å². The van der Waals surface area contributed by atoms with Gasteiger partial charge in [0.2, 0.25) is 0 Å². The summed E-state index contributed by atoms with van der Waals surface area (Å²) in [6, 6.07) is 8.70. The zero-order valence-corrected chi connectivity index (χ0v) is 16.2. The van der Waals surface area contributed by atoms with Crippen molar-refractivity contribution in [1.82, 2.24) is 0 Å². The van der Waals surface area contributed by atoms with Crippen molar-refractivity contribution in [2.24, 2.45) is 0 Å². The molecule has 0 radical (unpaired) electrons. The van der Waals surface area contributed by atoms with Gasteiger partial charge in [0.25, 0.3) is 10.0 Å². The third-order valence-electron chi connectivity index (χ3n) is 3.23. The number of benzene rings is 2.